The van der Waals surface area contributed by atoms with Crippen LogP contribution in [0.5, 0.6) is 0 Å². The van der Waals surface area contributed by atoms with Crippen molar-refractivity contribution in [1.29, 1.82) is 0 Å². The third kappa shape index (κ3) is 4.82. The molecule has 0 saturated heterocycles. The Bertz CT molecular complexity index is 357. The molecule has 2 fully saturated rings. The molecule has 0 radical (unpaired) electrons. The van der Waals surface area contributed by atoms with Crippen LogP contribution in [0.2, 0.25) is 0 Å². The van der Waals surface area contributed by atoms with Crippen molar-refractivity contribution in [2.45, 2.75) is 65.8 Å². The number of alkyl halides is 4. The van der Waals surface area contributed by atoms with Crippen LogP contribution in [0.15, 0.2) is 11.6 Å². The molecular formula is C17H26Br4. The summed E-state index contributed by atoms with van der Waals surface area (Å²) in [6.07, 6.45) is 7.70. The van der Waals surface area contributed by atoms with E-state index < -0.39 is 0 Å². The Hall–Kier alpha value is 1.66. The third-order valence-electron chi connectivity index (χ3n) is 5.50. The smallest absolute Gasteiger partial charge is 0.0187 e. The molecule has 4 heteroatoms. The lowest BCUT2D eigenvalue weighted by Crippen LogP contribution is -2.33. The standard InChI is InChI=1S/C17H26Br4/c1-9(13-7-16(20)11(3)17(21)8-13)4-12-5-14(18)10(2)15(19)6-12/h4,10-17H,5-8H2,1-3H3/b9-4+. The Balaban J connectivity index is 2.01. The van der Waals surface area contributed by atoms with E-state index in [1.54, 1.807) is 5.57 Å². The molecule has 0 bridgehead atoms. The molecule has 0 aromatic carbocycles. The summed E-state index contributed by atoms with van der Waals surface area (Å²) in [4.78, 5) is 2.57. The average molecular weight is 550 g/mol. The third-order valence-corrected chi connectivity index (χ3v) is 10.3. The molecule has 0 aromatic heterocycles. The first-order valence-electron chi connectivity index (χ1n) is 8.04. The van der Waals surface area contributed by atoms with E-state index in [0.29, 0.717) is 19.3 Å². The summed E-state index contributed by atoms with van der Waals surface area (Å²) in [6, 6.07) is 0. The van der Waals surface area contributed by atoms with Gasteiger partial charge in [0.05, 0.1) is 0 Å². The second-order valence-electron chi connectivity index (χ2n) is 7.09. The lowest BCUT2D eigenvalue weighted by Gasteiger charge is -2.37. The molecule has 0 aromatic rings. The first-order valence-corrected chi connectivity index (χ1v) is 11.7. The van der Waals surface area contributed by atoms with Crippen LogP contribution >= 0.6 is 63.7 Å². The van der Waals surface area contributed by atoms with E-state index >= 15 is 0 Å². The molecule has 0 amide bonds. The molecule has 2 aliphatic rings. The van der Waals surface area contributed by atoms with Crippen molar-refractivity contribution >= 4 is 63.7 Å². The first kappa shape index (κ1) is 19.0. The molecule has 0 N–H and O–H groups in total. The molecule has 2 rings (SSSR count). The van der Waals surface area contributed by atoms with E-state index in [0.717, 1.165) is 23.7 Å². The minimum Gasteiger partial charge on any atom is -0.0887 e. The highest BCUT2D eigenvalue weighted by Gasteiger charge is 2.34. The molecule has 0 nitrogen and oxygen atoms in total. The maximum atomic E-state index is 3.88. The molecule has 0 aliphatic heterocycles. The summed E-state index contributed by atoms with van der Waals surface area (Å²) < 4.78 is 0. The van der Waals surface area contributed by atoms with Crippen LogP contribution in [0.4, 0.5) is 0 Å². The molecule has 122 valence electrons. The van der Waals surface area contributed by atoms with Crippen molar-refractivity contribution in [1.82, 2.24) is 0 Å². The van der Waals surface area contributed by atoms with E-state index in [1.165, 1.54) is 25.7 Å². The second-order valence-corrected chi connectivity index (χ2v) is 11.8. The predicted molar refractivity (Wildman–Crippen MR) is 108 cm³/mol. The van der Waals surface area contributed by atoms with Crippen molar-refractivity contribution < 1.29 is 0 Å². The van der Waals surface area contributed by atoms with Gasteiger partial charge in [0, 0.05) is 19.3 Å². The van der Waals surface area contributed by atoms with Crippen LogP contribution in [-0.2, 0) is 0 Å². The number of rotatable bonds is 2. The number of allylic oxidation sites excluding steroid dienone is 2. The second kappa shape index (κ2) is 8.16. The molecule has 21 heavy (non-hydrogen) atoms. The summed E-state index contributed by atoms with van der Waals surface area (Å²) in [5.41, 5.74) is 1.61. The van der Waals surface area contributed by atoms with Crippen molar-refractivity contribution in [2.24, 2.45) is 23.7 Å². The fourth-order valence-electron chi connectivity index (χ4n) is 3.64. The number of halogens is 4. The largest absolute Gasteiger partial charge is 0.0887 e. The normalized spacial score (nSPS) is 49.2. The van der Waals surface area contributed by atoms with Gasteiger partial charge in [-0.3, -0.25) is 0 Å². The van der Waals surface area contributed by atoms with Gasteiger partial charge in [-0.05, 0) is 56.3 Å². The Labute approximate surface area is 163 Å². The average Bonchev–Trinajstić information content (AvgIpc) is 2.41. The van der Waals surface area contributed by atoms with Crippen molar-refractivity contribution in [2.75, 3.05) is 0 Å². The summed E-state index contributed by atoms with van der Waals surface area (Å²) >= 11 is 15.5. The minimum absolute atomic E-state index is 0.642. The summed E-state index contributed by atoms with van der Waals surface area (Å²) in [5.74, 6) is 2.90. The predicted octanol–water partition coefficient (Wildman–Crippen LogP) is 7.08. The van der Waals surface area contributed by atoms with Crippen LogP contribution in [0.3, 0.4) is 0 Å². The fraction of sp³-hybridized carbons (Fsp3) is 0.882. The van der Waals surface area contributed by atoms with E-state index in [9.17, 15) is 0 Å². The quantitative estimate of drug-likeness (QED) is 0.255. The van der Waals surface area contributed by atoms with Gasteiger partial charge in [-0.15, -0.1) is 0 Å². The minimum atomic E-state index is 0.642. The fourth-order valence-corrected chi connectivity index (χ4v) is 7.80. The van der Waals surface area contributed by atoms with Gasteiger partial charge >= 0.3 is 0 Å². The number of hydrogen-bond donors (Lipinski definition) is 0. The topological polar surface area (TPSA) is 0 Å². The van der Waals surface area contributed by atoms with E-state index in [-0.39, 0.29) is 0 Å². The highest BCUT2D eigenvalue weighted by atomic mass is 79.9. The van der Waals surface area contributed by atoms with Crippen LogP contribution in [0.1, 0.15) is 46.5 Å². The zero-order chi connectivity index (χ0) is 15.7. The molecule has 0 heterocycles. The highest BCUT2D eigenvalue weighted by molar-refractivity contribution is 9.10. The summed E-state index contributed by atoms with van der Waals surface area (Å²) in [5, 5.41) is 0. The summed E-state index contributed by atoms with van der Waals surface area (Å²) in [7, 11) is 0. The van der Waals surface area contributed by atoms with Gasteiger partial charge in [-0.25, -0.2) is 0 Å². The van der Waals surface area contributed by atoms with Crippen molar-refractivity contribution in [3.63, 3.8) is 0 Å². The van der Waals surface area contributed by atoms with Crippen molar-refractivity contribution in [3.05, 3.63) is 11.6 Å². The maximum absolute atomic E-state index is 3.88. The number of hydrogen-bond acceptors (Lipinski definition) is 0. The zero-order valence-corrected chi connectivity index (χ0v) is 19.4. The molecule has 2 saturated carbocycles. The van der Waals surface area contributed by atoms with Gasteiger partial charge in [0.2, 0.25) is 0 Å². The highest BCUT2D eigenvalue weighted by Crippen LogP contribution is 2.43. The molecule has 0 spiro atoms. The van der Waals surface area contributed by atoms with Gasteiger partial charge in [-0.1, -0.05) is 89.2 Å². The van der Waals surface area contributed by atoms with E-state index in [1.807, 2.05) is 0 Å². The van der Waals surface area contributed by atoms with Gasteiger partial charge in [0.25, 0.3) is 0 Å². The van der Waals surface area contributed by atoms with Crippen LogP contribution in [0, 0.1) is 23.7 Å². The molecule has 2 aliphatic carbocycles. The Morgan fingerprint density at radius 3 is 1.57 bits per heavy atom. The summed E-state index contributed by atoms with van der Waals surface area (Å²) in [6.45, 7) is 7.05. The first-order chi connectivity index (χ1) is 9.79. The van der Waals surface area contributed by atoms with Crippen LogP contribution < -0.4 is 0 Å². The molecule has 4 unspecified atom stereocenters. The Morgan fingerprint density at radius 1 is 0.762 bits per heavy atom. The monoisotopic (exact) mass is 546 g/mol. The van der Waals surface area contributed by atoms with E-state index in [2.05, 4.69) is 90.6 Å². The SMILES string of the molecule is C/C(=C\C1CC(Br)C(C)C(Br)C1)C1CC(Br)C(C)C(Br)C1. The van der Waals surface area contributed by atoms with Crippen LogP contribution in [-0.4, -0.2) is 19.3 Å². The lowest BCUT2D eigenvalue weighted by atomic mass is 9.76. The van der Waals surface area contributed by atoms with Gasteiger partial charge < -0.3 is 0 Å². The Kier molecular flexibility index (Phi) is 7.38. The van der Waals surface area contributed by atoms with Gasteiger partial charge in [0.1, 0.15) is 0 Å². The van der Waals surface area contributed by atoms with E-state index in [4.69, 9.17) is 0 Å². The lowest BCUT2D eigenvalue weighted by molar-refractivity contribution is 0.338. The van der Waals surface area contributed by atoms with Gasteiger partial charge in [-0.2, -0.15) is 0 Å². The Morgan fingerprint density at radius 2 is 1.14 bits per heavy atom. The zero-order valence-electron chi connectivity index (χ0n) is 13.0. The van der Waals surface area contributed by atoms with Crippen LogP contribution in [0.25, 0.3) is 0 Å². The van der Waals surface area contributed by atoms with Crippen molar-refractivity contribution in [3.8, 4) is 0 Å². The molecule has 4 atom stereocenters. The van der Waals surface area contributed by atoms with Gasteiger partial charge in [0.15, 0.2) is 0 Å². The molecular weight excluding hydrogens is 524 g/mol. The maximum Gasteiger partial charge on any atom is 0.0187 e.